The van der Waals surface area contributed by atoms with Crippen LogP contribution in [0.2, 0.25) is 0 Å². The smallest absolute Gasteiger partial charge is 0.184 e. The monoisotopic (exact) mass is 424 g/mol. The Morgan fingerprint density at radius 1 is 0.969 bits per heavy atom. The maximum Gasteiger partial charge on any atom is 0.184 e. The maximum absolute atomic E-state index is 9.57. The zero-order valence-electron chi connectivity index (χ0n) is 17.0. The Hall–Kier alpha value is -4.14. The number of aliphatic hydroxyl groups is 1. The molecule has 0 bridgehead atoms. The van der Waals surface area contributed by atoms with Crippen LogP contribution in [0.1, 0.15) is 17.7 Å². The van der Waals surface area contributed by atoms with Crippen LogP contribution < -0.4 is 11.1 Å². The molecule has 0 saturated carbocycles. The van der Waals surface area contributed by atoms with E-state index in [4.69, 9.17) is 20.2 Å². The van der Waals surface area contributed by atoms with Crippen molar-refractivity contribution in [3.63, 3.8) is 0 Å². The van der Waals surface area contributed by atoms with E-state index in [1.807, 2.05) is 54.6 Å². The number of aliphatic hydroxyl groups excluding tert-OH is 1. The first-order valence-corrected chi connectivity index (χ1v) is 10.1. The van der Waals surface area contributed by atoms with Crippen molar-refractivity contribution in [2.75, 3.05) is 5.32 Å². The molecule has 5 rings (SSSR count). The standard InChI is InChI=1S/C24H20N6O2/c25-22(31)20-13-19(30-32-20)23-28-18-11-6-10-17(15-7-2-1-3-8-15)21(18)24(29-23)27-14-16-9-4-5-12-26-16/h1-13,22,31H,14,25H2,(H,27,28,29). The Kier molecular flexibility index (Phi) is 5.29. The van der Waals surface area contributed by atoms with Gasteiger partial charge in [0.25, 0.3) is 0 Å². The number of anilines is 1. The number of hydrogen-bond donors (Lipinski definition) is 3. The van der Waals surface area contributed by atoms with Gasteiger partial charge in [0.05, 0.1) is 23.1 Å². The van der Waals surface area contributed by atoms with Crippen LogP contribution in [0.25, 0.3) is 33.5 Å². The van der Waals surface area contributed by atoms with Gasteiger partial charge in [-0.05, 0) is 29.3 Å². The van der Waals surface area contributed by atoms with Crippen molar-refractivity contribution < 1.29 is 9.63 Å². The molecule has 1 atom stereocenters. The van der Waals surface area contributed by atoms with E-state index < -0.39 is 6.23 Å². The van der Waals surface area contributed by atoms with E-state index in [1.54, 1.807) is 6.20 Å². The lowest BCUT2D eigenvalue weighted by Gasteiger charge is -2.13. The van der Waals surface area contributed by atoms with Gasteiger partial charge in [0.2, 0.25) is 0 Å². The Morgan fingerprint density at radius 2 is 1.81 bits per heavy atom. The molecule has 4 N–H and O–H groups in total. The van der Waals surface area contributed by atoms with Gasteiger partial charge in [-0.25, -0.2) is 9.97 Å². The number of aromatic nitrogens is 4. The average molecular weight is 424 g/mol. The Bertz CT molecular complexity index is 1350. The molecule has 0 aliphatic rings. The molecule has 0 aliphatic heterocycles. The number of nitrogens with two attached hydrogens (primary N) is 1. The molecular formula is C24H20N6O2. The minimum Gasteiger partial charge on any atom is -0.371 e. The quantitative estimate of drug-likeness (QED) is 0.351. The molecule has 0 aliphatic carbocycles. The number of rotatable bonds is 6. The number of benzene rings is 2. The molecule has 0 fully saturated rings. The highest BCUT2D eigenvalue weighted by atomic mass is 16.5. The van der Waals surface area contributed by atoms with Crippen LogP contribution in [-0.4, -0.2) is 25.2 Å². The molecule has 3 heterocycles. The lowest BCUT2D eigenvalue weighted by atomic mass is 10.0. The van der Waals surface area contributed by atoms with Gasteiger partial charge in [0.1, 0.15) is 5.82 Å². The van der Waals surface area contributed by atoms with Crippen molar-refractivity contribution >= 4 is 16.7 Å². The molecule has 32 heavy (non-hydrogen) atoms. The molecule has 3 aromatic heterocycles. The summed E-state index contributed by atoms with van der Waals surface area (Å²) in [6.45, 7) is 0.487. The van der Waals surface area contributed by atoms with Crippen LogP contribution >= 0.6 is 0 Å². The first-order valence-electron chi connectivity index (χ1n) is 10.1. The van der Waals surface area contributed by atoms with Gasteiger partial charge in [-0.3, -0.25) is 10.7 Å². The van der Waals surface area contributed by atoms with Crippen LogP contribution in [0.3, 0.4) is 0 Å². The topological polar surface area (TPSA) is 123 Å². The second-order valence-corrected chi connectivity index (χ2v) is 7.20. The van der Waals surface area contributed by atoms with Gasteiger partial charge in [0.15, 0.2) is 23.5 Å². The van der Waals surface area contributed by atoms with Gasteiger partial charge >= 0.3 is 0 Å². The molecule has 5 aromatic rings. The highest BCUT2D eigenvalue weighted by Crippen LogP contribution is 2.34. The maximum atomic E-state index is 9.57. The highest BCUT2D eigenvalue weighted by Gasteiger charge is 2.18. The predicted octanol–water partition coefficient (Wildman–Crippen LogP) is 3.91. The summed E-state index contributed by atoms with van der Waals surface area (Å²) < 4.78 is 5.12. The van der Waals surface area contributed by atoms with E-state index in [2.05, 4.69) is 27.6 Å². The summed E-state index contributed by atoms with van der Waals surface area (Å²) in [4.78, 5) is 13.8. The first kappa shape index (κ1) is 19.8. The molecular weight excluding hydrogens is 404 g/mol. The predicted molar refractivity (Wildman–Crippen MR) is 121 cm³/mol. The second kappa shape index (κ2) is 8.54. The summed E-state index contributed by atoms with van der Waals surface area (Å²) >= 11 is 0. The summed E-state index contributed by atoms with van der Waals surface area (Å²) in [5, 5.41) is 17.8. The number of fused-ring (bicyclic) bond motifs is 1. The molecule has 0 saturated heterocycles. The summed E-state index contributed by atoms with van der Waals surface area (Å²) in [5.41, 5.74) is 9.57. The number of hydrogen-bond acceptors (Lipinski definition) is 8. The summed E-state index contributed by atoms with van der Waals surface area (Å²) in [6, 6.07) is 23.3. The summed E-state index contributed by atoms with van der Waals surface area (Å²) in [5.74, 6) is 1.15. The Morgan fingerprint density at radius 3 is 2.56 bits per heavy atom. The second-order valence-electron chi connectivity index (χ2n) is 7.20. The third kappa shape index (κ3) is 3.92. The fourth-order valence-corrected chi connectivity index (χ4v) is 3.49. The fourth-order valence-electron chi connectivity index (χ4n) is 3.49. The number of pyridine rings is 1. The third-order valence-electron chi connectivity index (χ3n) is 5.02. The van der Waals surface area contributed by atoms with E-state index in [9.17, 15) is 5.11 Å². The molecule has 0 radical (unpaired) electrons. The van der Waals surface area contributed by atoms with Gasteiger partial charge in [-0.15, -0.1) is 0 Å². The third-order valence-corrected chi connectivity index (χ3v) is 5.02. The van der Waals surface area contributed by atoms with Crippen LogP contribution in [0, 0.1) is 0 Å². The zero-order valence-corrected chi connectivity index (χ0v) is 17.0. The largest absolute Gasteiger partial charge is 0.371 e. The molecule has 2 aromatic carbocycles. The van der Waals surface area contributed by atoms with Gasteiger partial charge < -0.3 is 14.9 Å². The van der Waals surface area contributed by atoms with Crippen LogP contribution in [0.5, 0.6) is 0 Å². The SMILES string of the molecule is NC(O)c1cc(-c2nc(NCc3ccccn3)c3c(-c4ccccc4)cccc3n2)no1. The fraction of sp³-hybridized carbons (Fsp3) is 0.0833. The molecule has 8 nitrogen and oxygen atoms in total. The van der Waals surface area contributed by atoms with E-state index in [0.29, 0.717) is 23.9 Å². The first-order chi connectivity index (χ1) is 15.7. The van der Waals surface area contributed by atoms with Crippen LogP contribution in [-0.2, 0) is 6.54 Å². The minimum absolute atomic E-state index is 0.143. The normalized spacial score (nSPS) is 12.1. The van der Waals surface area contributed by atoms with Crippen LogP contribution in [0.4, 0.5) is 5.82 Å². The van der Waals surface area contributed by atoms with Crippen molar-refractivity contribution in [3.8, 4) is 22.6 Å². The van der Waals surface area contributed by atoms with E-state index in [1.165, 1.54) is 6.07 Å². The Labute approximate surface area is 183 Å². The number of nitrogens with zero attached hydrogens (tertiary/aromatic N) is 4. The average Bonchev–Trinajstić information content (AvgIpc) is 3.34. The van der Waals surface area contributed by atoms with Crippen molar-refractivity contribution in [2.24, 2.45) is 5.73 Å². The van der Waals surface area contributed by atoms with Gasteiger partial charge in [-0.1, -0.05) is 53.7 Å². The minimum atomic E-state index is -1.26. The van der Waals surface area contributed by atoms with Crippen molar-refractivity contribution in [2.45, 2.75) is 12.8 Å². The van der Waals surface area contributed by atoms with Gasteiger partial charge in [-0.2, -0.15) is 0 Å². The molecule has 0 spiro atoms. The molecule has 158 valence electrons. The highest BCUT2D eigenvalue weighted by molar-refractivity contribution is 6.02. The molecule has 0 amide bonds. The van der Waals surface area contributed by atoms with Crippen molar-refractivity contribution in [3.05, 3.63) is 90.4 Å². The van der Waals surface area contributed by atoms with Crippen LogP contribution in [0.15, 0.2) is 83.5 Å². The van der Waals surface area contributed by atoms with Gasteiger partial charge in [0, 0.05) is 12.3 Å². The van der Waals surface area contributed by atoms with E-state index >= 15 is 0 Å². The summed E-state index contributed by atoms with van der Waals surface area (Å²) in [7, 11) is 0. The molecule has 1 unspecified atom stereocenters. The van der Waals surface area contributed by atoms with E-state index in [0.717, 1.165) is 27.7 Å². The lowest BCUT2D eigenvalue weighted by molar-refractivity contribution is 0.146. The van der Waals surface area contributed by atoms with Crippen molar-refractivity contribution in [1.82, 2.24) is 20.1 Å². The Balaban J connectivity index is 1.66. The summed E-state index contributed by atoms with van der Waals surface area (Å²) in [6.07, 6.45) is 0.494. The lowest BCUT2D eigenvalue weighted by Crippen LogP contribution is -2.07. The van der Waals surface area contributed by atoms with Crippen molar-refractivity contribution in [1.29, 1.82) is 0 Å². The molecule has 8 heteroatoms. The zero-order chi connectivity index (χ0) is 21.9. The number of nitrogens with one attached hydrogen (secondary N) is 1. The van der Waals surface area contributed by atoms with E-state index in [-0.39, 0.29) is 5.76 Å².